The number of aryl methyl sites for hydroxylation is 1. The molecule has 6 atom stereocenters. The van der Waals surface area contributed by atoms with E-state index in [-0.39, 0.29) is 54.1 Å². The fourth-order valence-corrected chi connectivity index (χ4v) is 11.0. The molecule has 0 unspecified atom stereocenters. The van der Waals surface area contributed by atoms with Gasteiger partial charge in [-0.1, -0.05) is 71.9 Å². The molecule has 3 aliphatic heterocycles. The summed E-state index contributed by atoms with van der Waals surface area (Å²) >= 11 is 0. The van der Waals surface area contributed by atoms with Crippen LogP contribution in [0.15, 0.2) is 57.2 Å². The zero-order valence-electron chi connectivity index (χ0n) is 39.3. The molecular weight excluding hydrogens is 881 g/mol. The minimum Gasteiger partial charge on any atom is -0.445 e. The minimum atomic E-state index is -4.32. The van der Waals surface area contributed by atoms with Crippen molar-refractivity contribution in [3.05, 3.63) is 79.6 Å². The van der Waals surface area contributed by atoms with E-state index in [4.69, 9.17) is 28.2 Å². The highest BCUT2D eigenvalue weighted by Crippen LogP contribution is 2.52. The standard InChI is InChI=1S/C43H68N6O12SSi2/c1-28-24-49(38-34(60-64(11,12)42(6,7)8)43(32(44)27-62(55,56)61-43)33(59-38)26-58-63(9,10)41(3,4)5)40(54)48(36(28)51)23-17-21-45-35(50)31-20-16-22-47(31)37(52)29(2)46-39(53)57-25-30-18-14-13-15-19-30/h13-15,18-19,24,27,29,31,33-34,38H,16-17,20-23,25-26,44H2,1-12H3,(H,45,50)(H,46,53)/t29-,31-,33+,34-,38+,43+/m0/s1. The van der Waals surface area contributed by atoms with Crippen LogP contribution < -0.4 is 27.6 Å². The molecule has 2 fully saturated rings. The number of amides is 3. The van der Waals surface area contributed by atoms with Gasteiger partial charge in [-0.25, -0.2) is 13.8 Å². The van der Waals surface area contributed by atoms with Crippen molar-refractivity contribution in [2.75, 3.05) is 19.7 Å². The van der Waals surface area contributed by atoms with E-state index < -0.39 is 92.0 Å². The van der Waals surface area contributed by atoms with Crippen molar-refractivity contribution in [1.29, 1.82) is 0 Å². The minimum absolute atomic E-state index is 0.0354. The SMILES string of the molecule is Cc1cn([C@@H]2O[C@H](CO[Si](C)(C)C(C)(C)C)[C@@]3(OS(=O)(=O)C=C3N)[C@H]2O[Si](C)(C)C(C)(C)C)c(=O)n(CCCNC(=O)[C@@H]2CCCN2C(=O)[C@H](C)NC(=O)OCc2ccccc2)c1=O. The van der Waals surface area contributed by atoms with E-state index in [1.165, 1.54) is 22.6 Å². The number of hydrogen-bond acceptors (Lipinski definition) is 13. The largest absolute Gasteiger partial charge is 0.445 e. The molecule has 0 aliphatic carbocycles. The van der Waals surface area contributed by atoms with E-state index in [1.54, 1.807) is 6.92 Å². The molecule has 5 rings (SSSR count). The summed E-state index contributed by atoms with van der Waals surface area (Å²) < 4.78 is 60.2. The molecule has 3 amide bonds. The van der Waals surface area contributed by atoms with E-state index in [2.05, 4.69) is 31.4 Å². The van der Waals surface area contributed by atoms with Gasteiger partial charge in [0.25, 0.3) is 15.7 Å². The molecule has 0 radical (unpaired) electrons. The maximum absolute atomic E-state index is 14.5. The van der Waals surface area contributed by atoms with Gasteiger partial charge in [-0.2, -0.15) is 8.42 Å². The smallest absolute Gasteiger partial charge is 0.408 e. The number of rotatable bonds is 15. The second-order valence-corrected chi connectivity index (χ2v) is 31.0. The first kappa shape index (κ1) is 50.9. The van der Waals surface area contributed by atoms with E-state index >= 15 is 0 Å². The molecule has 3 aliphatic rings. The molecule has 4 N–H and O–H groups in total. The van der Waals surface area contributed by atoms with Gasteiger partial charge in [-0.05, 0) is 74.9 Å². The van der Waals surface area contributed by atoms with Crippen molar-refractivity contribution in [2.24, 2.45) is 5.73 Å². The number of aromatic nitrogens is 2. The number of nitrogens with two attached hydrogens (primary N) is 1. The quantitative estimate of drug-likeness (QED) is 0.128. The summed E-state index contributed by atoms with van der Waals surface area (Å²) in [5.74, 6) is -0.836. The molecular formula is C43H68N6O12SSi2. The molecule has 64 heavy (non-hydrogen) atoms. The number of nitrogens with one attached hydrogen (secondary N) is 2. The van der Waals surface area contributed by atoms with E-state index in [0.29, 0.717) is 19.4 Å². The highest BCUT2D eigenvalue weighted by Gasteiger charge is 2.67. The van der Waals surface area contributed by atoms with Crippen molar-refractivity contribution >= 4 is 44.7 Å². The van der Waals surface area contributed by atoms with Crippen LogP contribution in [0.4, 0.5) is 4.79 Å². The summed E-state index contributed by atoms with van der Waals surface area (Å²) in [4.78, 5) is 68.9. The number of carbonyl (C=O) groups is 3. The summed E-state index contributed by atoms with van der Waals surface area (Å²) in [7, 11) is -9.60. The lowest BCUT2D eigenvalue weighted by Gasteiger charge is -2.43. The van der Waals surface area contributed by atoms with Crippen molar-refractivity contribution in [3.63, 3.8) is 0 Å². The Bertz CT molecular complexity index is 2320. The molecule has 1 spiro atoms. The number of benzene rings is 1. The summed E-state index contributed by atoms with van der Waals surface area (Å²) in [6.45, 7) is 23.6. The van der Waals surface area contributed by atoms with Crippen LogP contribution in [0.3, 0.4) is 0 Å². The molecule has 18 nitrogen and oxygen atoms in total. The molecule has 4 heterocycles. The number of nitrogens with zero attached hydrogens (tertiary/aromatic N) is 3. The second kappa shape index (κ2) is 19.0. The molecule has 21 heteroatoms. The van der Waals surface area contributed by atoms with Gasteiger partial charge in [0, 0.05) is 31.4 Å². The van der Waals surface area contributed by atoms with Gasteiger partial charge in [-0.15, -0.1) is 0 Å². The Morgan fingerprint density at radius 2 is 1.66 bits per heavy atom. The maximum atomic E-state index is 14.5. The van der Waals surface area contributed by atoms with Crippen LogP contribution in [-0.2, 0) is 55.4 Å². The third-order valence-electron chi connectivity index (χ3n) is 13.3. The van der Waals surface area contributed by atoms with Gasteiger partial charge in [0.2, 0.25) is 11.8 Å². The van der Waals surface area contributed by atoms with Crippen LogP contribution >= 0.6 is 0 Å². The summed E-state index contributed by atoms with van der Waals surface area (Å²) in [6.07, 6.45) is -1.96. The van der Waals surface area contributed by atoms with Crippen molar-refractivity contribution in [2.45, 2.75) is 160 Å². The van der Waals surface area contributed by atoms with Gasteiger partial charge in [-0.3, -0.25) is 23.5 Å². The van der Waals surface area contributed by atoms with Crippen LogP contribution in [0.2, 0.25) is 36.3 Å². The number of carbonyl (C=O) groups excluding carboxylic acids is 3. The Morgan fingerprint density at radius 1 is 1.02 bits per heavy atom. The Labute approximate surface area is 378 Å². The lowest BCUT2D eigenvalue weighted by Crippen LogP contribution is -2.59. The van der Waals surface area contributed by atoms with Crippen molar-refractivity contribution in [3.8, 4) is 0 Å². The zero-order chi connectivity index (χ0) is 47.8. The molecule has 0 bridgehead atoms. The van der Waals surface area contributed by atoms with Gasteiger partial charge in [0.05, 0.1) is 17.7 Å². The second-order valence-electron chi connectivity index (χ2n) is 20.0. The molecule has 1 aromatic carbocycles. The lowest BCUT2D eigenvalue weighted by molar-refractivity contribution is -0.139. The Balaban J connectivity index is 1.35. The van der Waals surface area contributed by atoms with E-state index in [9.17, 15) is 32.4 Å². The highest BCUT2D eigenvalue weighted by molar-refractivity contribution is 7.90. The van der Waals surface area contributed by atoms with Crippen LogP contribution in [0.1, 0.15) is 85.1 Å². The number of ether oxygens (including phenoxy) is 2. The van der Waals surface area contributed by atoms with Gasteiger partial charge < -0.3 is 39.6 Å². The first-order valence-corrected chi connectivity index (χ1v) is 29.1. The van der Waals surface area contributed by atoms with Gasteiger partial charge in [0.1, 0.15) is 30.9 Å². The summed E-state index contributed by atoms with van der Waals surface area (Å²) in [6, 6.07) is 7.39. The third kappa shape index (κ3) is 10.8. The van der Waals surface area contributed by atoms with E-state index in [0.717, 1.165) is 15.5 Å². The predicted octanol–water partition coefficient (Wildman–Crippen LogP) is 4.34. The Kier molecular flexibility index (Phi) is 15.1. The van der Waals surface area contributed by atoms with Gasteiger partial charge >= 0.3 is 11.8 Å². The van der Waals surface area contributed by atoms with Crippen LogP contribution in [0.25, 0.3) is 0 Å². The van der Waals surface area contributed by atoms with Crippen LogP contribution in [0.5, 0.6) is 0 Å². The highest BCUT2D eigenvalue weighted by atomic mass is 32.2. The van der Waals surface area contributed by atoms with Gasteiger partial charge in [0.15, 0.2) is 28.5 Å². The van der Waals surface area contributed by atoms with Crippen LogP contribution in [0, 0.1) is 6.92 Å². The summed E-state index contributed by atoms with van der Waals surface area (Å²) in [5.41, 5.74) is 4.26. The number of hydrogen-bond donors (Lipinski definition) is 3. The first-order chi connectivity index (χ1) is 29.5. The Morgan fingerprint density at radius 3 is 2.25 bits per heavy atom. The summed E-state index contributed by atoms with van der Waals surface area (Å²) in [5, 5.41) is 5.64. The molecule has 1 aromatic heterocycles. The predicted molar refractivity (Wildman–Crippen MR) is 245 cm³/mol. The number of likely N-dealkylation sites (tertiary alicyclic amines) is 1. The molecule has 2 aromatic rings. The topological polar surface area (TPSA) is 229 Å². The molecule has 0 saturated carbocycles. The Hall–Kier alpha value is -4.13. The third-order valence-corrected chi connectivity index (χ3v) is 23.3. The lowest BCUT2D eigenvalue weighted by atomic mass is 9.89. The monoisotopic (exact) mass is 948 g/mol. The fourth-order valence-electron chi connectivity index (χ4n) is 7.47. The normalized spacial score (nSPS) is 24.1. The van der Waals surface area contributed by atoms with E-state index in [1.807, 2.05) is 77.3 Å². The average molecular weight is 949 g/mol. The first-order valence-electron chi connectivity index (χ1n) is 21.8. The molecule has 2 saturated heterocycles. The fraction of sp³-hybridized carbons (Fsp3) is 0.651. The zero-order valence-corrected chi connectivity index (χ0v) is 42.1. The molecule has 356 valence electrons. The maximum Gasteiger partial charge on any atom is 0.408 e. The number of alkyl carbamates (subject to hydrolysis) is 1. The average Bonchev–Trinajstić information content (AvgIpc) is 3.86. The van der Waals surface area contributed by atoms with Crippen molar-refractivity contribution < 1.29 is 45.3 Å². The van der Waals surface area contributed by atoms with Crippen molar-refractivity contribution in [1.82, 2.24) is 24.7 Å². The van der Waals surface area contributed by atoms with Crippen LogP contribution in [-0.4, -0.2) is 107 Å².